The molecule has 1 saturated heterocycles. The molecule has 0 amide bonds. The minimum absolute atomic E-state index is 0.147. The molecule has 0 spiro atoms. The van der Waals surface area contributed by atoms with Crippen LogP contribution in [0, 0.1) is 12.7 Å². The molecule has 144 valence electrons. The first-order chi connectivity index (χ1) is 13.1. The van der Waals surface area contributed by atoms with Crippen LogP contribution in [0.2, 0.25) is 0 Å². The van der Waals surface area contributed by atoms with Crippen molar-refractivity contribution < 1.29 is 13.9 Å². The van der Waals surface area contributed by atoms with Crippen LogP contribution in [-0.4, -0.2) is 36.4 Å². The van der Waals surface area contributed by atoms with Gasteiger partial charge in [0.25, 0.3) is 0 Å². The second kappa shape index (κ2) is 9.15. The Labute approximate surface area is 165 Å². The second-order valence-electron chi connectivity index (χ2n) is 6.72. The maximum atomic E-state index is 13.9. The lowest BCUT2D eigenvalue weighted by molar-refractivity contribution is 0.0903. The lowest BCUT2D eigenvalue weighted by atomic mass is 10.1. The van der Waals surface area contributed by atoms with Crippen molar-refractivity contribution >= 4 is 23.0 Å². The summed E-state index contributed by atoms with van der Waals surface area (Å²) in [6, 6.07) is 12.9. The first-order valence-corrected chi connectivity index (χ1v) is 9.53. The number of thiocarbonyl (C=S) groups is 1. The van der Waals surface area contributed by atoms with Crippen LogP contribution in [0.3, 0.4) is 0 Å². The largest absolute Gasteiger partial charge is 0.496 e. The van der Waals surface area contributed by atoms with Crippen LogP contribution in [0.4, 0.5) is 10.1 Å². The molecule has 1 aliphatic heterocycles. The van der Waals surface area contributed by atoms with E-state index in [-0.39, 0.29) is 11.9 Å². The van der Waals surface area contributed by atoms with Gasteiger partial charge in [0.15, 0.2) is 5.11 Å². The summed E-state index contributed by atoms with van der Waals surface area (Å²) >= 11 is 5.64. The molecule has 0 aliphatic carbocycles. The molecule has 1 fully saturated rings. The van der Waals surface area contributed by atoms with Crippen molar-refractivity contribution in [2.45, 2.75) is 32.4 Å². The van der Waals surface area contributed by atoms with Gasteiger partial charge in [-0.15, -0.1) is 0 Å². The van der Waals surface area contributed by atoms with Gasteiger partial charge in [0, 0.05) is 30.9 Å². The maximum Gasteiger partial charge on any atom is 0.173 e. The van der Waals surface area contributed by atoms with Crippen molar-refractivity contribution in [1.29, 1.82) is 0 Å². The quantitative estimate of drug-likeness (QED) is 0.736. The van der Waals surface area contributed by atoms with Gasteiger partial charge in [0.05, 0.1) is 13.2 Å². The average Bonchev–Trinajstić information content (AvgIpc) is 3.18. The summed E-state index contributed by atoms with van der Waals surface area (Å²) in [5.74, 6) is 0.567. The molecule has 4 nitrogen and oxygen atoms in total. The summed E-state index contributed by atoms with van der Waals surface area (Å²) in [7, 11) is 1.66. The summed E-state index contributed by atoms with van der Waals surface area (Å²) in [4.78, 5) is 2.06. The first kappa shape index (κ1) is 19.6. The number of methoxy groups -OCH3 is 1. The second-order valence-corrected chi connectivity index (χ2v) is 7.11. The topological polar surface area (TPSA) is 33.7 Å². The highest BCUT2D eigenvalue weighted by atomic mass is 32.1. The molecule has 0 bridgehead atoms. The molecule has 1 atom stereocenters. The number of rotatable bonds is 6. The van der Waals surface area contributed by atoms with Crippen molar-refractivity contribution in [3.63, 3.8) is 0 Å². The van der Waals surface area contributed by atoms with E-state index < -0.39 is 0 Å². The fourth-order valence-corrected chi connectivity index (χ4v) is 3.42. The number of hydrogen-bond acceptors (Lipinski definition) is 3. The first-order valence-electron chi connectivity index (χ1n) is 9.12. The van der Waals surface area contributed by atoms with Crippen molar-refractivity contribution in [3.8, 4) is 5.75 Å². The smallest absolute Gasteiger partial charge is 0.173 e. The molecular weight excluding hydrogens is 363 g/mol. The van der Waals surface area contributed by atoms with E-state index in [0.29, 0.717) is 29.5 Å². The van der Waals surface area contributed by atoms with Gasteiger partial charge >= 0.3 is 0 Å². The van der Waals surface area contributed by atoms with Crippen LogP contribution in [0.25, 0.3) is 0 Å². The standard InChI is InChI=1S/C21H25FN2O2S/c1-15-9-10-17(12-19(15)22)23-21(27)24(14-18-7-5-11-26-18)13-16-6-3-4-8-20(16)25-2/h3-4,6,8-10,12,18H,5,7,11,13-14H2,1-2H3,(H,23,27). The third kappa shape index (κ3) is 5.17. The van der Waals surface area contributed by atoms with E-state index in [9.17, 15) is 4.39 Å². The molecule has 3 rings (SSSR count). The number of aryl methyl sites for hydroxylation is 1. The van der Waals surface area contributed by atoms with E-state index in [1.54, 1.807) is 20.1 Å². The SMILES string of the molecule is COc1ccccc1CN(CC1CCCO1)C(=S)Nc1ccc(C)c(F)c1. The van der Waals surface area contributed by atoms with Gasteiger partial charge in [0.2, 0.25) is 0 Å². The van der Waals surface area contributed by atoms with Crippen molar-refractivity contribution in [3.05, 3.63) is 59.4 Å². The Morgan fingerprint density at radius 2 is 2.15 bits per heavy atom. The molecule has 1 aliphatic rings. The van der Waals surface area contributed by atoms with E-state index in [1.807, 2.05) is 30.3 Å². The zero-order valence-electron chi connectivity index (χ0n) is 15.7. The number of halogens is 1. The number of hydrogen-bond donors (Lipinski definition) is 1. The van der Waals surface area contributed by atoms with Crippen LogP contribution in [-0.2, 0) is 11.3 Å². The predicted molar refractivity (Wildman–Crippen MR) is 110 cm³/mol. The highest BCUT2D eigenvalue weighted by Gasteiger charge is 2.22. The van der Waals surface area contributed by atoms with Gasteiger partial charge in [-0.05, 0) is 55.7 Å². The molecule has 27 heavy (non-hydrogen) atoms. The predicted octanol–water partition coefficient (Wildman–Crippen LogP) is 4.52. The van der Waals surface area contributed by atoms with E-state index in [4.69, 9.17) is 21.7 Å². The van der Waals surface area contributed by atoms with Crippen molar-refractivity contribution in [1.82, 2.24) is 4.90 Å². The maximum absolute atomic E-state index is 13.9. The number of anilines is 1. The molecule has 2 aromatic carbocycles. The van der Waals surface area contributed by atoms with Crippen LogP contribution < -0.4 is 10.1 Å². The van der Waals surface area contributed by atoms with Crippen LogP contribution in [0.15, 0.2) is 42.5 Å². The Bertz CT molecular complexity index is 794. The van der Waals surface area contributed by atoms with Crippen LogP contribution in [0.1, 0.15) is 24.0 Å². The highest BCUT2D eigenvalue weighted by molar-refractivity contribution is 7.80. The van der Waals surface area contributed by atoms with Crippen LogP contribution >= 0.6 is 12.2 Å². The monoisotopic (exact) mass is 388 g/mol. The Hall–Kier alpha value is -2.18. The summed E-state index contributed by atoms with van der Waals surface area (Å²) in [6.45, 7) is 3.79. The van der Waals surface area contributed by atoms with Crippen molar-refractivity contribution in [2.24, 2.45) is 0 Å². The van der Waals surface area contributed by atoms with E-state index in [0.717, 1.165) is 30.8 Å². The number of benzene rings is 2. The van der Waals surface area contributed by atoms with E-state index in [2.05, 4.69) is 10.2 Å². The normalized spacial score (nSPS) is 16.2. The lowest BCUT2D eigenvalue weighted by Crippen LogP contribution is -2.39. The zero-order chi connectivity index (χ0) is 19.2. The van der Waals surface area contributed by atoms with Gasteiger partial charge in [0.1, 0.15) is 11.6 Å². The summed E-state index contributed by atoms with van der Waals surface area (Å²) < 4.78 is 25.1. The molecule has 1 unspecified atom stereocenters. The molecular formula is C21H25FN2O2S. The summed E-state index contributed by atoms with van der Waals surface area (Å²) in [5.41, 5.74) is 2.29. The Morgan fingerprint density at radius 3 is 2.85 bits per heavy atom. The van der Waals surface area contributed by atoms with Crippen molar-refractivity contribution in [2.75, 3.05) is 25.6 Å². The van der Waals surface area contributed by atoms with Gasteiger partial charge < -0.3 is 19.7 Å². The van der Waals surface area contributed by atoms with Gasteiger partial charge in [-0.25, -0.2) is 4.39 Å². The zero-order valence-corrected chi connectivity index (χ0v) is 16.5. The Balaban J connectivity index is 1.77. The molecule has 1 N–H and O–H groups in total. The number of para-hydroxylation sites is 1. The summed E-state index contributed by atoms with van der Waals surface area (Å²) in [6.07, 6.45) is 2.23. The van der Waals surface area contributed by atoms with Gasteiger partial charge in [-0.3, -0.25) is 0 Å². The van der Waals surface area contributed by atoms with Crippen LogP contribution in [0.5, 0.6) is 5.75 Å². The fourth-order valence-electron chi connectivity index (χ4n) is 3.17. The summed E-state index contributed by atoms with van der Waals surface area (Å²) in [5, 5.41) is 3.70. The Morgan fingerprint density at radius 1 is 1.33 bits per heavy atom. The molecule has 0 aromatic heterocycles. The molecule has 0 radical (unpaired) electrons. The van der Waals surface area contributed by atoms with Gasteiger partial charge in [-0.2, -0.15) is 0 Å². The molecule has 1 heterocycles. The molecule has 6 heteroatoms. The third-order valence-corrected chi connectivity index (χ3v) is 5.07. The lowest BCUT2D eigenvalue weighted by Gasteiger charge is -2.29. The molecule has 2 aromatic rings. The number of nitrogens with zero attached hydrogens (tertiary/aromatic N) is 1. The Kier molecular flexibility index (Phi) is 6.63. The number of ether oxygens (including phenoxy) is 2. The van der Waals surface area contributed by atoms with Gasteiger partial charge in [-0.1, -0.05) is 24.3 Å². The third-order valence-electron chi connectivity index (χ3n) is 4.71. The minimum atomic E-state index is -0.252. The molecule has 0 saturated carbocycles. The highest BCUT2D eigenvalue weighted by Crippen LogP contribution is 2.22. The fraction of sp³-hybridized carbons (Fsp3) is 0.381. The average molecular weight is 389 g/mol. The number of nitrogens with one attached hydrogen (secondary N) is 1. The minimum Gasteiger partial charge on any atom is -0.496 e. The van der Waals surface area contributed by atoms with E-state index in [1.165, 1.54) is 6.07 Å². The van der Waals surface area contributed by atoms with E-state index >= 15 is 0 Å².